The fourth-order valence-corrected chi connectivity index (χ4v) is 3.06. The molecule has 0 aromatic heterocycles. The van der Waals surface area contributed by atoms with Gasteiger partial charge in [-0.3, -0.25) is 14.4 Å². The molecule has 0 saturated carbocycles. The molecule has 1 aromatic rings. The number of nitrogens with zero attached hydrogens (tertiary/aromatic N) is 2. The Hall–Kier alpha value is -2.57. The molecule has 0 bridgehead atoms. The Morgan fingerprint density at radius 1 is 1.20 bits per heavy atom. The summed E-state index contributed by atoms with van der Waals surface area (Å²) in [4.78, 5) is 39.9. The molecule has 134 valence electrons. The lowest BCUT2D eigenvalue weighted by atomic mass is 10.1. The Labute approximate surface area is 146 Å². The zero-order valence-corrected chi connectivity index (χ0v) is 14.6. The second-order valence-corrected chi connectivity index (χ2v) is 6.38. The Kier molecular flexibility index (Phi) is 4.92. The van der Waals surface area contributed by atoms with Crippen LogP contribution in [0, 0.1) is 0 Å². The molecule has 1 saturated heterocycles. The summed E-state index contributed by atoms with van der Waals surface area (Å²) in [7, 11) is 0. The van der Waals surface area contributed by atoms with Gasteiger partial charge in [0.2, 0.25) is 5.91 Å². The van der Waals surface area contributed by atoms with Crippen LogP contribution < -0.4 is 10.1 Å². The minimum absolute atomic E-state index is 0.0988. The van der Waals surface area contributed by atoms with E-state index < -0.39 is 6.10 Å². The number of hydrogen-bond donors (Lipinski definition) is 1. The number of benzene rings is 1. The first-order chi connectivity index (χ1) is 12.0. The minimum atomic E-state index is -0.539. The number of hydrogen-bond acceptors (Lipinski definition) is 4. The van der Waals surface area contributed by atoms with E-state index in [1.807, 2.05) is 11.8 Å². The number of rotatable bonds is 3. The van der Waals surface area contributed by atoms with Crippen molar-refractivity contribution in [3.63, 3.8) is 0 Å². The van der Waals surface area contributed by atoms with Crippen molar-refractivity contribution in [3.05, 3.63) is 23.8 Å². The summed E-state index contributed by atoms with van der Waals surface area (Å²) in [5.74, 6) is 0.398. The maximum atomic E-state index is 12.7. The van der Waals surface area contributed by atoms with Gasteiger partial charge in [-0.1, -0.05) is 6.92 Å². The van der Waals surface area contributed by atoms with Gasteiger partial charge in [-0.05, 0) is 31.5 Å². The van der Waals surface area contributed by atoms with Crippen LogP contribution in [-0.4, -0.2) is 59.8 Å². The first-order valence-corrected chi connectivity index (χ1v) is 8.68. The van der Waals surface area contributed by atoms with Crippen molar-refractivity contribution in [2.75, 3.05) is 31.5 Å². The van der Waals surface area contributed by atoms with E-state index in [0.717, 1.165) is 6.42 Å². The number of piperazine rings is 1. The van der Waals surface area contributed by atoms with Gasteiger partial charge in [0.1, 0.15) is 5.75 Å². The lowest BCUT2D eigenvalue weighted by Gasteiger charge is -2.35. The van der Waals surface area contributed by atoms with Gasteiger partial charge in [-0.25, -0.2) is 0 Å². The van der Waals surface area contributed by atoms with Crippen LogP contribution in [0.3, 0.4) is 0 Å². The average Bonchev–Trinajstić information content (AvgIpc) is 2.62. The van der Waals surface area contributed by atoms with E-state index in [2.05, 4.69) is 5.32 Å². The lowest BCUT2D eigenvalue weighted by molar-refractivity contribution is -0.132. The van der Waals surface area contributed by atoms with Crippen molar-refractivity contribution in [1.82, 2.24) is 9.80 Å². The summed E-state index contributed by atoms with van der Waals surface area (Å²) in [6.45, 7) is 5.82. The van der Waals surface area contributed by atoms with Crippen molar-refractivity contribution in [2.45, 2.75) is 32.8 Å². The van der Waals surface area contributed by atoms with Crippen LogP contribution in [0.15, 0.2) is 18.2 Å². The van der Waals surface area contributed by atoms with E-state index in [1.54, 1.807) is 30.0 Å². The Morgan fingerprint density at radius 3 is 2.56 bits per heavy atom. The first-order valence-electron chi connectivity index (χ1n) is 8.68. The number of carbonyl (C=O) groups excluding carboxylic acids is 3. The summed E-state index contributed by atoms with van der Waals surface area (Å²) < 4.78 is 5.51. The molecule has 1 aromatic carbocycles. The number of carbonyl (C=O) groups is 3. The zero-order chi connectivity index (χ0) is 18.0. The van der Waals surface area contributed by atoms with E-state index in [0.29, 0.717) is 49.6 Å². The molecule has 1 N–H and O–H groups in total. The summed E-state index contributed by atoms with van der Waals surface area (Å²) in [6, 6.07) is 5.07. The second kappa shape index (κ2) is 7.13. The largest absolute Gasteiger partial charge is 0.479 e. The molecule has 0 radical (unpaired) electrons. The number of ether oxygens (including phenoxy) is 1. The summed E-state index contributed by atoms with van der Waals surface area (Å²) in [5.41, 5.74) is 1.02. The fourth-order valence-electron chi connectivity index (χ4n) is 3.06. The maximum absolute atomic E-state index is 12.7. The molecule has 1 fully saturated rings. The third-order valence-electron chi connectivity index (χ3n) is 4.54. The van der Waals surface area contributed by atoms with Crippen LogP contribution in [0.5, 0.6) is 5.75 Å². The zero-order valence-electron chi connectivity index (χ0n) is 14.6. The highest BCUT2D eigenvalue weighted by molar-refractivity contribution is 6.01. The Morgan fingerprint density at radius 2 is 1.88 bits per heavy atom. The first kappa shape index (κ1) is 17.3. The second-order valence-electron chi connectivity index (χ2n) is 6.38. The van der Waals surface area contributed by atoms with Crippen LogP contribution >= 0.6 is 0 Å². The molecule has 1 unspecified atom stereocenters. The van der Waals surface area contributed by atoms with E-state index in [9.17, 15) is 14.4 Å². The van der Waals surface area contributed by atoms with E-state index in [1.165, 1.54) is 0 Å². The molecule has 0 aliphatic carbocycles. The molecule has 7 heteroatoms. The third kappa shape index (κ3) is 3.60. The van der Waals surface area contributed by atoms with Crippen molar-refractivity contribution < 1.29 is 19.1 Å². The maximum Gasteiger partial charge on any atom is 0.265 e. The Balaban J connectivity index is 1.66. The summed E-state index contributed by atoms with van der Waals surface area (Å²) >= 11 is 0. The third-order valence-corrected chi connectivity index (χ3v) is 4.54. The topological polar surface area (TPSA) is 79.0 Å². The standard InChI is InChI=1S/C18H23N3O4/c1-3-4-16(22)20-7-9-21(10-8-20)18(24)13-5-6-15-14(11-13)19-17(23)12(2)25-15/h5-6,11-12H,3-4,7-10H2,1-2H3,(H,19,23). The van der Waals surface area contributed by atoms with Gasteiger partial charge < -0.3 is 19.9 Å². The van der Waals surface area contributed by atoms with Gasteiger partial charge in [0.25, 0.3) is 11.8 Å². The van der Waals surface area contributed by atoms with E-state index >= 15 is 0 Å². The van der Waals surface area contributed by atoms with Crippen LogP contribution in [0.25, 0.3) is 0 Å². The lowest BCUT2D eigenvalue weighted by Crippen LogP contribution is -2.50. The number of anilines is 1. The van der Waals surface area contributed by atoms with Crippen LogP contribution in [-0.2, 0) is 9.59 Å². The van der Waals surface area contributed by atoms with Crippen LogP contribution in [0.2, 0.25) is 0 Å². The quantitative estimate of drug-likeness (QED) is 0.900. The molecule has 0 spiro atoms. The molecule has 2 aliphatic rings. The van der Waals surface area contributed by atoms with Crippen molar-refractivity contribution in [2.24, 2.45) is 0 Å². The molecule has 3 amide bonds. The molecule has 25 heavy (non-hydrogen) atoms. The highest BCUT2D eigenvalue weighted by Gasteiger charge is 2.27. The molecular weight excluding hydrogens is 322 g/mol. The predicted octanol–water partition coefficient (Wildman–Crippen LogP) is 1.49. The van der Waals surface area contributed by atoms with Gasteiger partial charge in [-0.2, -0.15) is 0 Å². The molecule has 3 rings (SSSR count). The van der Waals surface area contributed by atoms with E-state index in [-0.39, 0.29) is 17.7 Å². The van der Waals surface area contributed by atoms with E-state index in [4.69, 9.17) is 4.74 Å². The SMILES string of the molecule is CCCC(=O)N1CCN(C(=O)c2ccc3c(c2)NC(=O)C(C)O3)CC1. The molecule has 2 aliphatic heterocycles. The van der Waals surface area contributed by atoms with Crippen LogP contribution in [0.4, 0.5) is 5.69 Å². The minimum Gasteiger partial charge on any atom is -0.479 e. The van der Waals surface area contributed by atoms with Crippen molar-refractivity contribution in [1.29, 1.82) is 0 Å². The average molecular weight is 345 g/mol. The monoisotopic (exact) mass is 345 g/mol. The highest BCUT2D eigenvalue weighted by atomic mass is 16.5. The fraction of sp³-hybridized carbons (Fsp3) is 0.500. The van der Waals surface area contributed by atoms with Crippen molar-refractivity contribution >= 4 is 23.4 Å². The van der Waals surface area contributed by atoms with Gasteiger partial charge in [0, 0.05) is 38.2 Å². The predicted molar refractivity (Wildman–Crippen MR) is 92.6 cm³/mol. The Bertz CT molecular complexity index is 696. The van der Waals surface area contributed by atoms with Gasteiger partial charge in [0.05, 0.1) is 5.69 Å². The van der Waals surface area contributed by atoms with Crippen LogP contribution in [0.1, 0.15) is 37.0 Å². The van der Waals surface area contributed by atoms with Gasteiger partial charge in [0.15, 0.2) is 6.10 Å². The molecular formula is C18H23N3O4. The number of nitrogens with one attached hydrogen (secondary N) is 1. The number of amides is 3. The van der Waals surface area contributed by atoms with Crippen molar-refractivity contribution in [3.8, 4) is 5.75 Å². The summed E-state index contributed by atoms with van der Waals surface area (Å²) in [6.07, 6.45) is 0.846. The van der Waals surface area contributed by atoms with Gasteiger partial charge >= 0.3 is 0 Å². The molecule has 1 atom stereocenters. The smallest absolute Gasteiger partial charge is 0.265 e. The summed E-state index contributed by atoms with van der Waals surface area (Å²) in [5, 5.41) is 2.76. The number of fused-ring (bicyclic) bond motifs is 1. The highest BCUT2D eigenvalue weighted by Crippen LogP contribution is 2.30. The molecule has 7 nitrogen and oxygen atoms in total. The van der Waals surface area contributed by atoms with Gasteiger partial charge in [-0.15, -0.1) is 0 Å². The molecule has 2 heterocycles. The normalized spacial score (nSPS) is 19.8.